The maximum Gasteiger partial charge on any atom is 0.268 e. The number of hydrogen-bond donors (Lipinski definition) is 2. The van der Waals surface area contributed by atoms with Gasteiger partial charge in [-0.05, 0) is 31.4 Å². The van der Waals surface area contributed by atoms with Crippen molar-refractivity contribution in [3.05, 3.63) is 53.9 Å². The quantitative estimate of drug-likeness (QED) is 0.896. The highest BCUT2D eigenvalue weighted by Gasteiger charge is 2.28. The first kappa shape index (κ1) is 12.8. The van der Waals surface area contributed by atoms with Crippen molar-refractivity contribution in [1.82, 2.24) is 9.88 Å². The number of amides is 1. The number of nitrogens with two attached hydrogens (primary N) is 1. The predicted octanol–water partition coefficient (Wildman–Crippen LogP) is 2.90. The van der Waals surface area contributed by atoms with Gasteiger partial charge < -0.3 is 15.6 Å². The van der Waals surface area contributed by atoms with Crippen molar-refractivity contribution in [1.29, 1.82) is 0 Å². The van der Waals surface area contributed by atoms with Gasteiger partial charge in [-0.15, -0.1) is 0 Å². The smallest absolute Gasteiger partial charge is 0.268 e. The van der Waals surface area contributed by atoms with Gasteiger partial charge in [-0.2, -0.15) is 0 Å². The van der Waals surface area contributed by atoms with Gasteiger partial charge in [-0.1, -0.05) is 30.3 Å². The molecule has 1 amide bonds. The molecule has 3 rings (SSSR count). The standard InChI is InChI=1S/C16H19N3O/c1-11(12-5-3-2-4-6-12)18-16(20)15-9-13(17)10-19(15)14-7-8-14/h2-6,9-11,14H,7-8,17H2,1H3,(H,18,20)/t11-/m0/s1. The molecule has 3 N–H and O–H groups in total. The Labute approximate surface area is 118 Å². The number of aromatic nitrogens is 1. The van der Waals surface area contributed by atoms with E-state index in [-0.39, 0.29) is 11.9 Å². The van der Waals surface area contributed by atoms with Crippen LogP contribution in [0.4, 0.5) is 5.69 Å². The second-order valence-corrected chi connectivity index (χ2v) is 5.40. The lowest BCUT2D eigenvalue weighted by Crippen LogP contribution is -2.28. The van der Waals surface area contributed by atoms with E-state index in [1.165, 1.54) is 0 Å². The minimum atomic E-state index is -0.0649. The van der Waals surface area contributed by atoms with Crippen LogP contribution in [0.2, 0.25) is 0 Å². The molecule has 0 unspecified atom stereocenters. The Bertz CT molecular complexity index is 614. The van der Waals surface area contributed by atoms with Crippen LogP contribution < -0.4 is 11.1 Å². The molecule has 1 atom stereocenters. The lowest BCUT2D eigenvalue weighted by atomic mass is 10.1. The number of hydrogen-bond acceptors (Lipinski definition) is 2. The molecule has 20 heavy (non-hydrogen) atoms. The average molecular weight is 269 g/mol. The Morgan fingerprint density at radius 2 is 2.05 bits per heavy atom. The lowest BCUT2D eigenvalue weighted by Gasteiger charge is -2.15. The summed E-state index contributed by atoms with van der Waals surface area (Å²) in [6.45, 7) is 1.99. The Hall–Kier alpha value is -2.23. The van der Waals surface area contributed by atoms with E-state index in [2.05, 4.69) is 5.32 Å². The van der Waals surface area contributed by atoms with Crippen molar-refractivity contribution in [2.75, 3.05) is 5.73 Å². The zero-order valence-corrected chi connectivity index (χ0v) is 11.5. The molecule has 1 aliphatic carbocycles. The molecule has 1 fully saturated rings. The summed E-state index contributed by atoms with van der Waals surface area (Å²) in [6.07, 6.45) is 4.12. The summed E-state index contributed by atoms with van der Waals surface area (Å²) >= 11 is 0. The average Bonchev–Trinajstić information content (AvgIpc) is 3.22. The molecule has 4 nitrogen and oxygen atoms in total. The molecule has 0 saturated heterocycles. The van der Waals surface area contributed by atoms with E-state index < -0.39 is 0 Å². The molecule has 2 aromatic rings. The number of nitrogen functional groups attached to an aromatic ring is 1. The molecule has 1 saturated carbocycles. The van der Waals surface area contributed by atoms with Crippen molar-refractivity contribution in [2.24, 2.45) is 0 Å². The first-order valence-electron chi connectivity index (χ1n) is 6.98. The fourth-order valence-electron chi connectivity index (χ4n) is 2.43. The Balaban J connectivity index is 1.76. The van der Waals surface area contributed by atoms with Gasteiger partial charge in [0, 0.05) is 12.2 Å². The SMILES string of the molecule is C[C@H](NC(=O)c1cc(N)cn1C1CC1)c1ccccc1. The van der Waals surface area contributed by atoms with Crippen LogP contribution in [-0.4, -0.2) is 10.5 Å². The van der Waals surface area contributed by atoms with Gasteiger partial charge >= 0.3 is 0 Å². The van der Waals surface area contributed by atoms with Crippen molar-refractivity contribution in [3.63, 3.8) is 0 Å². The summed E-state index contributed by atoms with van der Waals surface area (Å²) in [5.74, 6) is -0.0649. The molecule has 0 radical (unpaired) electrons. The molecule has 1 aromatic heterocycles. The molecule has 0 spiro atoms. The minimum Gasteiger partial charge on any atom is -0.397 e. The molecule has 0 bridgehead atoms. The van der Waals surface area contributed by atoms with Gasteiger partial charge in [0.05, 0.1) is 11.7 Å². The highest BCUT2D eigenvalue weighted by Crippen LogP contribution is 2.37. The van der Waals surface area contributed by atoms with Crippen molar-refractivity contribution >= 4 is 11.6 Å². The van der Waals surface area contributed by atoms with E-state index in [0.717, 1.165) is 18.4 Å². The van der Waals surface area contributed by atoms with Crippen LogP contribution in [0.15, 0.2) is 42.6 Å². The van der Waals surface area contributed by atoms with Crippen LogP contribution in [0.5, 0.6) is 0 Å². The lowest BCUT2D eigenvalue weighted by molar-refractivity contribution is 0.0930. The van der Waals surface area contributed by atoms with Gasteiger partial charge in [-0.25, -0.2) is 0 Å². The zero-order valence-electron chi connectivity index (χ0n) is 11.5. The number of nitrogens with zero attached hydrogens (tertiary/aromatic N) is 1. The first-order valence-corrected chi connectivity index (χ1v) is 6.98. The molecule has 0 aliphatic heterocycles. The second-order valence-electron chi connectivity index (χ2n) is 5.40. The van der Waals surface area contributed by atoms with Crippen molar-refractivity contribution in [2.45, 2.75) is 31.8 Å². The van der Waals surface area contributed by atoms with E-state index in [9.17, 15) is 4.79 Å². The van der Waals surface area contributed by atoms with Gasteiger partial charge in [0.25, 0.3) is 5.91 Å². The number of nitrogens with one attached hydrogen (secondary N) is 1. The maximum absolute atomic E-state index is 12.4. The maximum atomic E-state index is 12.4. The number of carbonyl (C=O) groups excluding carboxylic acids is 1. The third-order valence-corrected chi connectivity index (χ3v) is 3.69. The van der Waals surface area contributed by atoms with Gasteiger partial charge in [0.1, 0.15) is 5.69 Å². The second kappa shape index (κ2) is 5.04. The largest absolute Gasteiger partial charge is 0.397 e. The number of carbonyl (C=O) groups is 1. The van der Waals surface area contributed by atoms with E-state index in [0.29, 0.717) is 17.4 Å². The van der Waals surface area contributed by atoms with Gasteiger partial charge in [-0.3, -0.25) is 4.79 Å². The van der Waals surface area contributed by atoms with Crippen LogP contribution in [0.1, 0.15) is 47.9 Å². The molecule has 1 heterocycles. The van der Waals surface area contributed by atoms with Crippen LogP contribution in [0.25, 0.3) is 0 Å². The van der Waals surface area contributed by atoms with Gasteiger partial charge in [0.15, 0.2) is 0 Å². The van der Waals surface area contributed by atoms with Gasteiger partial charge in [0.2, 0.25) is 0 Å². The molecule has 1 aliphatic rings. The zero-order chi connectivity index (χ0) is 14.1. The predicted molar refractivity (Wildman–Crippen MR) is 79.4 cm³/mol. The summed E-state index contributed by atoms with van der Waals surface area (Å²) in [5.41, 5.74) is 8.23. The van der Waals surface area contributed by atoms with Crippen LogP contribution in [0.3, 0.4) is 0 Å². The molecular weight excluding hydrogens is 250 g/mol. The van der Waals surface area contributed by atoms with E-state index >= 15 is 0 Å². The molecular formula is C16H19N3O. The Morgan fingerprint density at radius 3 is 2.70 bits per heavy atom. The van der Waals surface area contributed by atoms with Crippen LogP contribution in [0, 0.1) is 0 Å². The monoisotopic (exact) mass is 269 g/mol. The van der Waals surface area contributed by atoms with Crippen LogP contribution in [-0.2, 0) is 0 Å². The third-order valence-electron chi connectivity index (χ3n) is 3.69. The van der Waals surface area contributed by atoms with E-state index in [1.807, 2.05) is 48.0 Å². The van der Waals surface area contributed by atoms with E-state index in [1.54, 1.807) is 6.07 Å². The summed E-state index contributed by atoms with van der Waals surface area (Å²) < 4.78 is 2.00. The van der Waals surface area contributed by atoms with E-state index in [4.69, 9.17) is 5.73 Å². The number of rotatable bonds is 4. The number of benzene rings is 1. The third kappa shape index (κ3) is 2.54. The summed E-state index contributed by atoms with van der Waals surface area (Å²) in [7, 11) is 0. The number of anilines is 1. The highest BCUT2D eigenvalue weighted by atomic mass is 16.2. The fraction of sp³-hybridized carbons (Fsp3) is 0.312. The normalized spacial score (nSPS) is 15.8. The first-order chi connectivity index (χ1) is 9.65. The summed E-state index contributed by atoms with van der Waals surface area (Å²) in [5, 5.41) is 3.03. The summed E-state index contributed by atoms with van der Waals surface area (Å²) in [6, 6.07) is 12.1. The topological polar surface area (TPSA) is 60.1 Å². The van der Waals surface area contributed by atoms with Crippen LogP contribution >= 0.6 is 0 Å². The minimum absolute atomic E-state index is 0.0209. The van der Waals surface area contributed by atoms with Crippen molar-refractivity contribution in [3.8, 4) is 0 Å². The molecule has 4 heteroatoms. The molecule has 1 aromatic carbocycles. The van der Waals surface area contributed by atoms with Crippen molar-refractivity contribution < 1.29 is 4.79 Å². The Morgan fingerprint density at radius 1 is 1.35 bits per heavy atom. The molecule has 104 valence electrons. The summed E-state index contributed by atoms with van der Waals surface area (Å²) in [4.78, 5) is 12.4. The Kier molecular flexibility index (Phi) is 3.22. The highest BCUT2D eigenvalue weighted by molar-refractivity contribution is 5.94. The fourth-order valence-corrected chi connectivity index (χ4v) is 2.43.